The van der Waals surface area contributed by atoms with Gasteiger partial charge in [-0.2, -0.15) is 0 Å². The molecule has 36 heavy (non-hydrogen) atoms. The molecule has 1 N–H and O–H groups in total. The summed E-state index contributed by atoms with van der Waals surface area (Å²) in [7, 11) is 3.10. The fourth-order valence-electron chi connectivity index (χ4n) is 4.36. The molecule has 3 aromatic carbocycles. The van der Waals surface area contributed by atoms with Crippen molar-refractivity contribution in [1.82, 2.24) is 0 Å². The highest BCUT2D eigenvalue weighted by Gasteiger charge is 2.47. The third kappa shape index (κ3) is 4.64. The minimum Gasteiger partial charge on any atom is -0.507 e. The van der Waals surface area contributed by atoms with E-state index >= 15 is 0 Å². The molecule has 7 heteroatoms. The monoisotopic (exact) mass is 487 g/mol. The highest BCUT2D eigenvalue weighted by Crippen LogP contribution is 2.43. The van der Waals surface area contributed by atoms with Crippen LogP contribution in [-0.4, -0.2) is 37.1 Å². The Morgan fingerprint density at radius 3 is 2.14 bits per heavy atom. The Morgan fingerprint density at radius 2 is 1.53 bits per heavy atom. The molecule has 0 aliphatic carbocycles. The number of carbonyl (C=O) groups excluding carboxylic acids is 2. The van der Waals surface area contributed by atoms with Gasteiger partial charge in [-0.3, -0.25) is 14.5 Å². The van der Waals surface area contributed by atoms with E-state index in [4.69, 9.17) is 14.2 Å². The van der Waals surface area contributed by atoms with Gasteiger partial charge in [-0.15, -0.1) is 0 Å². The number of rotatable bonds is 7. The highest BCUT2D eigenvalue weighted by atomic mass is 16.5. The fourth-order valence-corrected chi connectivity index (χ4v) is 4.36. The van der Waals surface area contributed by atoms with Gasteiger partial charge in [-0.05, 0) is 86.5 Å². The zero-order valence-corrected chi connectivity index (χ0v) is 20.9. The van der Waals surface area contributed by atoms with Crippen LogP contribution in [0.2, 0.25) is 0 Å². The van der Waals surface area contributed by atoms with Gasteiger partial charge in [0, 0.05) is 11.3 Å². The summed E-state index contributed by atoms with van der Waals surface area (Å²) in [5.74, 6) is 0.101. The lowest BCUT2D eigenvalue weighted by Crippen LogP contribution is -2.29. The number of aryl methyl sites for hydroxylation is 1. The summed E-state index contributed by atoms with van der Waals surface area (Å²) in [6.45, 7) is 5.66. The number of aliphatic hydroxyl groups excluding tert-OH is 1. The number of anilines is 1. The smallest absolute Gasteiger partial charge is 0.300 e. The van der Waals surface area contributed by atoms with E-state index in [1.165, 1.54) is 4.90 Å². The third-order valence-corrected chi connectivity index (χ3v) is 6.03. The van der Waals surface area contributed by atoms with Gasteiger partial charge in [-0.1, -0.05) is 12.1 Å². The van der Waals surface area contributed by atoms with Crippen LogP contribution in [0.5, 0.6) is 17.2 Å². The van der Waals surface area contributed by atoms with E-state index in [0.717, 1.165) is 0 Å². The fraction of sp³-hybridized carbons (Fsp3) is 0.241. The molecule has 3 aromatic rings. The van der Waals surface area contributed by atoms with Gasteiger partial charge < -0.3 is 19.3 Å². The van der Waals surface area contributed by atoms with E-state index in [-0.39, 0.29) is 17.4 Å². The second-order valence-electron chi connectivity index (χ2n) is 8.79. The average molecular weight is 488 g/mol. The van der Waals surface area contributed by atoms with Crippen molar-refractivity contribution in [2.75, 3.05) is 19.1 Å². The summed E-state index contributed by atoms with van der Waals surface area (Å²) < 4.78 is 16.4. The van der Waals surface area contributed by atoms with Crippen LogP contribution in [0, 0.1) is 6.92 Å². The lowest BCUT2D eigenvalue weighted by atomic mass is 9.93. The number of hydrogen-bond acceptors (Lipinski definition) is 6. The number of ether oxygens (including phenoxy) is 3. The molecule has 186 valence electrons. The third-order valence-electron chi connectivity index (χ3n) is 6.03. The quantitative estimate of drug-likeness (QED) is 0.272. The van der Waals surface area contributed by atoms with E-state index in [9.17, 15) is 14.7 Å². The van der Waals surface area contributed by atoms with Crippen LogP contribution in [0.25, 0.3) is 5.76 Å². The molecule has 1 heterocycles. The van der Waals surface area contributed by atoms with Crippen molar-refractivity contribution in [2.45, 2.75) is 32.9 Å². The molecular weight excluding hydrogens is 458 g/mol. The molecule has 0 saturated carbocycles. The van der Waals surface area contributed by atoms with Gasteiger partial charge in [0.15, 0.2) is 0 Å². The number of ketones is 1. The van der Waals surface area contributed by atoms with Gasteiger partial charge in [0.2, 0.25) is 0 Å². The molecule has 0 radical (unpaired) electrons. The summed E-state index contributed by atoms with van der Waals surface area (Å²) in [4.78, 5) is 28.2. The number of benzene rings is 3. The van der Waals surface area contributed by atoms with Crippen LogP contribution in [0.4, 0.5) is 5.69 Å². The topological polar surface area (TPSA) is 85.3 Å². The average Bonchev–Trinajstić information content (AvgIpc) is 3.14. The Bertz CT molecular complexity index is 1330. The van der Waals surface area contributed by atoms with Crippen LogP contribution >= 0.6 is 0 Å². The van der Waals surface area contributed by atoms with Crippen LogP contribution in [0.15, 0.2) is 72.3 Å². The lowest BCUT2D eigenvalue weighted by molar-refractivity contribution is -0.132. The van der Waals surface area contributed by atoms with E-state index in [2.05, 4.69) is 0 Å². The number of nitrogens with zero attached hydrogens (tertiary/aromatic N) is 1. The van der Waals surface area contributed by atoms with Gasteiger partial charge in [-0.25, -0.2) is 0 Å². The maximum absolute atomic E-state index is 13.4. The summed E-state index contributed by atoms with van der Waals surface area (Å²) in [6, 6.07) is 18.4. The van der Waals surface area contributed by atoms with E-state index in [1.807, 2.05) is 20.8 Å². The first-order valence-electron chi connectivity index (χ1n) is 11.6. The Morgan fingerprint density at radius 1 is 0.889 bits per heavy atom. The van der Waals surface area contributed by atoms with Gasteiger partial charge >= 0.3 is 0 Å². The van der Waals surface area contributed by atoms with Crippen molar-refractivity contribution in [2.24, 2.45) is 0 Å². The minimum atomic E-state index is -0.863. The number of aliphatic hydroxyl groups is 1. The van der Waals surface area contributed by atoms with Crippen LogP contribution in [0.3, 0.4) is 0 Å². The number of amides is 1. The molecule has 0 bridgehead atoms. The molecule has 1 amide bonds. The Labute approximate surface area is 210 Å². The van der Waals surface area contributed by atoms with E-state index in [0.29, 0.717) is 39.6 Å². The van der Waals surface area contributed by atoms with Crippen LogP contribution < -0.4 is 19.1 Å². The Kier molecular flexibility index (Phi) is 7.01. The molecule has 1 atom stereocenters. The zero-order chi connectivity index (χ0) is 26.0. The predicted molar refractivity (Wildman–Crippen MR) is 138 cm³/mol. The summed E-state index contributed by atoms with van der Waals surface area (Å²) >= 11 is 0. The largest absolute Gasteiger partial charge is 0.507 e. The van der Waals surface area contributed by atoms with Crippen molar-refractivity contribution in [3.63, 3.8) is 0 Å². The first-order chi connectivity index (χ1) is 17.2. The Hall–Kier alpha value is -4.26. The lowest BCUT2D eigenvalue weighted by Gasteiger charge is -2.26. The number of Topliss-reactive ketones (excluding diaryl/α,β-unsaturated/α-hetero) is 1. The SMILES string of the molecule is COc1cccc(C2/C(=C(/O)c3ccc(OC)cc3C)C(=O)C(=O)N2c2ccc(OC(C)C)cc2)c1. The maximum Gasteiger partial charge on any atom is 0.300 e. The zero-order valence-electron chi connectivity index (χ0n) is 20.9. The molecule has 1 aliphatic rings. The van der Waals surface area contributed by atoms with Crippen molar-refractivity contribution in [1.29, 1.82) is 0 Å². The van der Waals surface area contributed by atoms with Gasteiger partial charge in [0.1, 0.15) is 23.0 Å². The first-order valence-corrected chi connectivity index (χ1v) is 11.6. The first kappa shape index (κ1) is 24.9. The van der Waals surface area contributed by atoms with Gasteiger partial charge in [0.05, 0.1) is 31.9 Å². The van der Waals surface area contributed by atoms with Crippen molar-refractivity contribution in [3.05, 3.63) is 89.0 Å². The Balaban J connectivity index is 1.90. The molecule has 0 spiro atoms. The maximum atomic E-state index is 13.4. The second-order valence-corrected chi connectivity index (χ2v) is 8.79. The molecule has 1 saturated heterocycles. The molecule has 4 rings (SSSR count). The normalized spacial score (nSPS) is 16.9. The van der Waals surface area contributed by atoms with Gasteiger partial charge in [0.25, 0.3) is 11.7 Å². The summed E-state index contributed by atoms with van der Waals surface area (Å²) in [5, 5.41) is 11.4. The molecule has 7 nitrogen and oxygen atoms in total. The number of carbonyl (C=O) groups is 2. The second kappa shape index (κ2) is 10.2. The molecule has 1 fully saturated rings. The molecule has 1 aliphatic heterocycles. The number of methoxy groups -OCH3 is 2. The molecular formula is C29H29NO6. The molecule has 0 aromatic heterocycles. The van der Waals surface area contributed by atoms with Crippen molar-refractivity contribution >= 4 is 23.1 Å². The summed E-state index contributed by atoms with van der Waals surface area (Å²) in [6.07, 6.45) is -0.00500. The molecule has 1 unspecified atom stereocenters. The summed E-state index contributed by atoms with van der Waals surface area (Å²) in [5.41, 5.74) is 2.29. The highest BCUT2D eigenvalue weighted by molar-refractivity contribution is 6.51. The van der Waals surface area contributed by atoms with E-state index in [1.54, 1.807) is 80.9 Å². The number of hydrogen-bond donors (Lipinski definition) is 1. The van der Waals surface area contributed by atoms with E-state index < -0.39 is 17.7 Å². The standard InChI is InChI=1S/C29H29NO6/c1-17(2)36-21-11-9-20(10-12-21)30-26(19-7-6-8-22(16-19)34-4)25(28(32)29(30)33)27(31)24-14-13-23(35-5)15-18(24)3/h6-17,26,31H,1-5H3/b27-25-. The van der Waals surface area contributed by atoms with Crippen molar-refractivity contribution in [3.8, 4) is 17.2 Å². The predicted octanol–water partition coefficient (Wildman–Crippen LogP) is 5.43. The van der Waals surface area contributed by atoms with Crippen molar-refractivity contribution < 1.29 is 28.9 Å². The minimum absolute atomic E-state index is 0.00373. The van der Waals surface area contributed by atoms with Crippen LogP contribution in [-0.2, 0) is 9.59 Å². The van der Waals surface area contributed by atoms with Crippen LogP contribution in [0.1, 0.15) is 36.6 Å².